The zero-order valence-corrected chi connectivity index (χ0v) is 11.4. The summed E-state index contributed by atoms with van der Waals surface area (Å²) in [5.41, 5.74) is 0.957. The number of imide groups is 1. The molecule has 108 valence electrons. The lowest BCUT2D eigenvalue weighted by atomic mass is 10.1. The molecule has 0 spiro atoms. The molecule has 4 N–H and O–H groups in total. The molecule has 0 aliphatic rings. The predicted octanol–water partition coefficient (Wildman–Crippen LogP) is 0.304. The van der Waals surface area contributed by atoms with Crippen molar-refractivity contribution in [1.29, 1.82) is 0 Å². The standard InChI is InChI=1S/C13H18N4O3/c1-3-15-13(20)17-11(18)8-16-10-7-5-4-6-9(10)12(19)14-2/h4-7,16H,3,8H2,1-2H3,(H,14,19)(H2,15,17,18,20). The molecule has 0 aliphatic heterocycles. The molecule has 0 unspecified atom stereocenters. The lowest BCUT2D eigenvalue weighted by Crippen LogP contribution is -2.41. The SMILES string of the molecule is CCNC(=O)NC(=O)CNc1ccccc1C(=O)NC. The Balaban J connectivity index is 2.59. The van der Waals surface area contributed by atoms with E-state index in [-0.39, 0.29) is 12.5 Å². The number of nitrogens with one attached hydrogen (secondary N) is 4. The summed E-state index contributed by atoms with van der Waals surface area (Å²) < 4.78 is 0. The fourth-order valence-electron chi connectivity index (χ4n) is 1.52. The molecule has 1 aromatic carbocycles. The molecule has 0 aliphatic carbocycles. The summed E-state index contributed by atoms with van der Waals surface area (Å²) in [5, 5.41) is 9.95. The van der Waals surface area contributed by atoms with Gasteiger partial charge in [-0.25, -0.2) is 4.79 Å². The predicted molar refractivity (Wildman–Crippen MR) is 75.5 cm³/mol. The number of rotatable bonds is 5. The fraction of sp³-hybridized carbons (Fsp3) is 0.308. The highest BCUT2D eigenvalue weighted by Crippen LogP contribution is 2.14. The normalized spacial score (nSPS) is 9.50. The van der Waals surface area contributed by atoms with Crippen LogP contribution in [0.2, 0.25) is 0 Å². The summed E-state index contributed by atoms with van der Waals surface area (Å²) in [4.78, 5) is 34.3. The van der Waals surface area contributed by atoms with Gasteiger partial charge in [-0.15, -0.1) is 0 Å². The number of anilines is 1. The molecule has 7 heteroatoms. The van der Waals surface area contributed by atoms with Gasteiger partial charge in [-0.2, -0.15) is 0 Å². The summed E-state index contributed by atoms with van der Waals surface area (Å²) in [6, 6.07) is 6.26. The van der Waals surface area contributed by atoms with Gasteiger partial charge in [-0.1, -0.05) is 12.1 Å². The van der Waals surface area contributed by atoms with E-state index in [0.29, 0.717) is 17.8 Å². The Kier molecular flexibility index (Phi) is 6.02. The first-order chi connectivity index (χ1) is 9.58. The van der Waals surface area contributed by atoms with Crippen molar-refractivity contribution < 1.29 is 14.4 Å². The zero-order chi connectivity index (χ0) is 15.0. The van der Waals surface area contributed by atoms with Gasteiger partial charge in [0.2, 0.25) is 5.91 Å². The van der Waals surface area contributed by atoms with Gasteiger partial charge >= 0.3 is 6.03 Å². The van der Waals surface area contributed by atoms with E-state index in [1.54, 1.807) is 31.2 Å². The number of amides is 4. The third-order valence-corrected chi connectivity index (χ3v) is 2.43. The Morgan fingerprint density at radius 1 is 1.15 bits per heavy atom. The van der Waals surface area contributed by atoms with Gasteiger partial charge in [-0.3, -0.25) is 14.9 Å². The van der Waals surface area contributed by atoms with Gasteiger partial charge in [0.25, 0.3) is 5.91 Å². The lowest BCUT2D eigenvalue weighted by molar-refractivity contribution is -0.118. The van der Waals surface area contributed by atoms with E-state index in [0.717, 1.165) is 0 Å². The van der Waals surface area contributed by atoms with Crippen LogP contribution < -0.4 is 21.3 Å². The second kappa shape index (κ2) is 7.78. The highest BCUT2D eigenvalue weighted by molar-refractivity contribution is 6.00. The number of benzene rings is 1. The second-order valence-electron chi connectivity index (χ2n) is 3.89. The van der Waals surface area contributed by atoms with Crippen LogP contribution in [0.25, 0.3) is 0 Å². The monoisotopic (exact) mass is 278 g/mol. The van der Waals surface area contributed by atoms with Crippen molar-refractivity contribution in [3.63, 3.8) is 0 Å². The molecule has 4 amide bonds. The van der Waals surface area contributed by atoms with Crippen LogP contribution in [0, 0.1) is 0 Å². The first-order valence-corrected chi connectivity index (χ1v) is 6.21. The van der Waals surface area contributed by atoms with Gasteiger partial charge in [0.05, 0.1) is 12.1 Å². The molecule has 0 fully saturated rings. The third-order valence-electron chi connectivity index (χ3n) is 2.43. The summed E-state index contributed by atoms with van der Waals surface area (Å²) in [5.74, 6) is -0.736. The first kappa shape index (κ1) is 15.5. The Morgan fingerprint density at radius 2 is 1.85 bits per heavy atom. The summed E-state index contributed by atoms with van der Waals surface area (Å²) >= 11 is 0. The number of urea groups is 1. The van der Waals surface area contributed by atoms with Gasteiger partial charge in [0, 0.05) is 19.3 Å². The van der Waals surface area contributed by atoms with Crippen molar-refractivity contribution >= 4 is 23.5 Å². The fourth-order valence-corrected chi connectivity index (χ4v) is 1.52. The summed E-state index contributed by atoms with van der Waals surface area (Å²) in [6.07, 6.45) is 0. The zero-order valence-electron chi connectivity index (χ0n) is 11.4. The van der Waals surface area contributed by atoms with Crippen molar-refractivity contribution in [2.24, 2.45) is 0 Å². The van der Waals surface area contributed by atoms with E-state index in [1.807, 2.05) is 0 Å². The van der Waals surface area contributed by atoms with Crippen LogP contribution in [0.4, 0.5) is 10.5 Å². The maximum Gasteiger partial charge on any atom is 0.321 e. The van der Waals surface area contributed by atoms with E-state index in [1.165, 1.54) is 7.05 Å². The number of hydrogen-bond donors (Lipinski definition) is 4. The Labute approximate surface area is 117 Å². The summed E-state index contributed by atoms with van der Waals surface area (Å²) in [7, 11) is 1.53. The maximum absolute atomic E-state index is 11.6. The van der Waals surface area contributed by atoms with Gasteiger partial charge in [0.15, 0.2) is 0 Å². The van der Waals surface area contributed by atoms with Crippen molar-refractivity contribution in [1.82, 2.24) is 16.0 Å². The minimum Gasteiger partial charge on any atom is -0.375 e. The average molecular weight is 278 g/mol. The van der Waals surface area contributed by atoms with Gasteiger partial charge in [-0.05, 0) is 19.1 Å². The van der Waals surface area contributed by atoms with E-state index in [4.69, 9.17) is 0 Å². The highest BCUT2D eigenvalue weighted by Gasteiger charge is 2.11. The number of hydrogen-bond acceptors (Lipinski definition) is 4. The number of carbonyl (C=O) groups is 3. The number of carbonyl (C=O) groups excluding carboxylic acids is 3. The van der Waals surface area contributed by atoms with E-state index in [2.05, 4.69) is 21.3 Å². The van der Waals surface area contributed by atoms with Crippen molar-refractivity contribution in [2.75, 3.05) is 25.5 Å². The van der Waals surface area contributed by atoms with E-state index >= 15 is 0 Å². The van der Waals surface area contributed by atoms with Crippen molar-refractivity contribution in [3.8, 4) is 0 Å². The largest absolute Gasteiger partial charge is 0.375 e. The van der Waals surface area contributed by atoms with Crippen LogP contribution in [0.5, 0.6) is 0 Å². The van der Waals surface area contributed by atoms with Crippen molar-refractivity contribution in [2.45, 2.75) is 6.92 Å². The quantitative estimate of drug-likeness (QED) is 0.622. The molecule has 1 aromatic rings. The molecule has 20 heavy (non-hydrogen) atoms. The van der Waals surface area contributed by atoms with Gasteiger partial charge < -0.3 is 16.0 Å². The second-order valence-corrected chi connectivity index (χ2v) is 3.89. The molecular weight excluding hydrogens is 260 g/mol. The Hall–Kier alpha value is -2.57. The first-order valence-electron chi connectivity index (χ1n) is 6.21. The molecule has 1 rings (SSSR count). The van der Waals surface area contributed by atoms with Crippen LogP contribution in [-0.4, -0.2) is 38.0 Å². The third kappa shape index (κ3) is 4.60. The Morgan fingerprint density at radius 3 is 2.50 bits per heavy atom. The van der Waals surface area contributed by atoms with Crippen LogP contribution in [-0.2, 0) is 4.79 Å². The van der Waals surface area contributed by atoms with Crippen LogP contribution in [0.1, 0.15) is 17.3 Å². The molecule has 7 nitrogen and oxygen atoms in total. The average Bonchev–Trinajstić information content (AvgIpc) is 2.44. The smallest absolute Gasteiger partial charge is 0.321 e. The minimum atomic E-state index is -0.543. The molecule has 0 atom stereocenters. The van der Waals surface area contributed by atoms with E-state index < -0.39 is 11.9 Å². The minimum absolute atomic E-state index is 0.106. The maximum atomic E-state index is 11.6. The molecule has 0 heterocycles. The number of para-hydroxylation sites is 1. The molecule has 0 aromatic heterocycles. The van der Waals surface area contributed by atoms with Crippen LogP contribution >= 0.6 is 0 Å². The summed E-state index contributed by atoms with van der Waals surface area (Å²) in [6.45, 7) is 2.08. The highest BCUT2D eigenvalue weighted by atomic mass is 16.2. The van der Waals surface area contributed by atoms with Gasteiger partial charge in [0.1, 0.15) is 0 Å². The van der Waals surface area contributed by atoms with E-state index in [9.17, 15) is 14.4 Å². The lowest BCUT2D eigenvalue weighted by Gasteiger charge is -2.11. The molecule has 0 bridgehead atoms. The van der Waals surface area contributed by atoms with Crippen LogP contribution in [0.3, 0.4) is 0 Å². The topological polar surface area (TPSA) is 99.3 Å². The molecule has 0 radical (unpaired) electrons. The Bertz CT molecular complexity index is 502. The van der Waals surface area contributed by atoms with Crippen molar-refractivity contribution in [3.05, 3.63) is 29.8 Å². The van der Waals surface area contributed by atoms with Crippen LogP contribution in [0.15, 0.2) is 24.3 Å². The molecule has 0 saturated heterocycles. The molecule has 0 saturated carbocycles. The molecular formula is C13H18N4O3.